The van der Waals surface area contributed by atoms with Crippen molar-refractivity contribution in [1.82, 2.24) is 14.9 Å². The molecule has 1 aromatic heterocycles. The number of amides is 1. The lowest BCUT2D eigenvalue weighted by Crippen LogP contribution is -2.30. The van der Waals surface area contributed by atoms with E-state index in [0.717, 1.165) is 5.56 Å². The maximum atomic E-state index is 11.9. The minimum Gasteiger partial charge on any atom is -0.364 e. The highest BCUT2D eigenvalue weighted by molar-refractivity contribution is 5.94. The van der Waals surface area contributed by atoms with Crippen LogP contribution in [0, 0.1) is 6.92 Å². The van der Waals surface area contributed by atoms with Crippen molar-refractivity contribution in [2.75, 3.05) is 18.4 Å². The van der Waals surface area contributed by atoms with Gasteiger partial charge in [-0.1, -0.05) is 17.7 Å². The van der Waals surface area contributed by atoms with Gasteiger partial charge in [-0.2, -0.15) is 0 Å². The first-order valence-electron chi connectivity index (χ1n) is 6.68. The third-order valence-corrected chi connectivity index (χ3v) is 3.03. The standard InChI is InChI=1S/C15H18N4O2/c1-11-3-5-12(6-4-11)14(20)18-8-7-16-13-15(21)19(2)10-9-17-13/h3-6,9-10H,7-8H2,1-2H3,(H,16,17)(H,18,20). The number of anilines is 1. The van der Waals surface area contributed by atoms with Crippen molar-refractivity contribution < 1.29 is 4.79 Å². The summed E-state index contributed by atoms with van der Waals surface area (Å²) in [4.78, 5) is 27.5. The molecule has 2 rings (SSSR count). The third kappa shape index (κ3) is 3.92. The lowest BCUT2D eigenvalue weighted by atomic mass is 10.1. The van der Waals surface area contributed by atoms with Gasteiger partial charge < -0.3 is 15.2 Å². The maximum absolute atomic E-state index is 11.9. The van der Waals surface area contributed by atoms with Crippen LogP contribution in [0.4, 0.5) is 5.82 Å². The third-order valence-electron chi connectivity index (χ3n) is 3.03. The summed E-state index contributed by atoms with van der Waals surface area (Å²) in [5.41, 5.74) is 1.54. The Kier molecular flexibility index (Phi) is 4.71. The van der Waals surface area contributed by atoms with Gasteiger partial charge in [0.15, 0.2) is 5.82 Å². The molecule has 0 spiro atoms. The van der Waals surface area contributed by atoms with Gasteiger partial charge in [-0.3, -0.25) is 9.59 Å². The number of nitrogens with one attached hydrogen (secondary N) is 2. The van der Waals surface area contributed by atoms with Gasteiger partial charge in [-0.05, 0) is 19.1 Å². The number of nitrogens with zero attached hydrogens (tertiary/aromatic N) is 2. The molecular weight excluding hydrogens is 268 g/mol. The number of benzene rings is 1. The van der Waals surface area contributed by atoms with Crippen LogP contribution in [0.5, 0.6) is 0 Å². The summed E-state index contributed by atoms with van der Waals surface area (Å²) in [5, 5.41) is 5.70. The topological polar surface area (TPSA) is 76.0 Å². The van der Waals surface area contributed by atoms with Crippen LogP contribution in [0.1, 0.15) is 15.9 Å². The van der Waals surface area contributed by atoms with E-state index in [2.05, 4.69) is 15.6 Å². The summed E-state index contributed by atoms with van der Waals surface area (Å²) in [6, 6.07) is 7.36. The van der Waals surface area contributed by atoms with Crippen molar-refractivity contribution in [3.8, 4) is 0 Å². The second kappa shape index (κ2) is 6.69. The molecule has 1 aromatic carbocycles. The van der Waals surface area contributed by atoms with Crippen molar-refractivity contribution in [3.63, 3.8) is 0 Å². The Hall–Kier alpha value is -2.63. The normalized spacial score (nSPS) is 10.2. The first-order valence-corrected chi connectivity index (χ1v) is 6.68. The van der Waals surface area contributed by atoms with Gasteiger partial charge in [0.25, 0.3) is 11.5 Å². The Morgan fingerprint density at radius 2 is 1.95 bits per heavy atom. The Morgan fingerprint density at radius 1 is 1.24 bits per heavy atom. The highest BCUT2D eigenvalue weighted by Crippen LogP contribution is 2.02. The first-order chi connectivity index (χ1) is 10.1. The number of aromatic nitrogens is 2. The van der Waals surface area contributed by atoms with Gasteiger partial charge in [0.1, 0.15) is 0 Å². The van der Waals surface area contributed by atoms with E-state index in [4.69, 9.17) is 0 Å². The lowest BCUT2D eigenvalue weighted by molar-refractivity contribution is 0.0955. The van der Waals surface area contributed by atoms with Crippen LogP contribution < -0.4 is 16.2 Å². The van der Waals surface area contributed by atoms with Crippen LogP contribution >= 0.6 is 0 Å². The second-order valence-electron chi connectivity index (χ2n) is 4.74. The van der Waals surface area contributed by atoms with Crippen molar-refractivity contribution in [2.24, 2.45) is 7.05 Å². The predicted octanol–water partition coefficient (Wildman–Crippen LogP) is 0.931. The number of rotatable bonds is 5. The van der Waals surface area contributed by atoms with Crippen LogP contribution in [-0.2, 0) is 7.05 Å². The van der Waals surface area contributed by atoms with Crippen LogP contribution in [0.2, 0.25) is 0 Å². The molecule has 0 aliphatic carbocycles. The van der Waals surface area contributed by atoms with E-state index in [9.17, 15) is 9.59 Å². The Balaban J connectivity index is 1.82. The van der Waals surface area contributed by atoms with E-state index in [1.54, 1.807) is 31.6 Å². The summed E-state index contributed by atoms with van der Waals surface area (Å²) >= 11 is 0. The van der Waals surface area contributed by atoms with Gasteiger partial charge >= 0.3 is 0 Å². The van der Waals surface area contributed by atoms with Gasteiger partial charge in [0, 0.05) is 38.1 Å². The van der Waals surface area contributed by atoms with Crippen molar-refractivity contribution in [2.45, 2.75) is 6.92 Å². The molecule has 110 valence electrons. The molecule has 0 aliphatic heterocycles. The Labute approximate surface area is 122 Å². The highest BCUT2D eigenvalue weighted by atomic mass is 16.1. The van der Waals surface area contributed by atoms with Gasteiger partial charge in [-0.25, -0.2) is 4.98 Å². The van der Waals surface area contributed by atoms with E-state index in [1.165, 1.54) is 4.57 Å². The van der Waals surface area contributed by atoms with E-state index in [0.29, 0.717) is 18.7 Å². The Morgan fingerprint density at radius 3 is 2.67 bits per heavy atom. The summed E-state index contributed by atoms with van der Waals surface area (Å²) in [6.45, 7) is 2.81. The van der Waals surface area contributed by atoms with Crippen LogP contribution in [-0.4, -0.2) is 28.5 Å². The molecule has 21 heavy (non-hydrogen) atoms. The molecule has 2 N–H and O–H groups in total. The summed E-state index contributed by atoms with van der Waals surface area (Å²) in [6.07, 6.45) is 3.14. The number of aryl methyl sites for hydroxylation is 2. The van der Waals surface area contributed by atoms with Crippen molar-refractivity contribution in [1.29, 1.82) is 0 Å². The minimum absolute atomic E-state index is 0.134. The smallest absolute Gasteiger partial charge is 0.293 e. The molecule has 0 unspecified atom stereocenters. The Bertz CT molecular complexity index is 677. The molecule has 0 bridgehead atoms. The molecule has 0 saturated heterocycles. The average molecular weight is 286 g/mol. The average Bonchev–Trinajstić information content (AvgIpc) is 2.48. The zero-order valence-electron chi connectivity index (χ0n) is 12.1. The van der Waals surface area contributed by atoms with Gasteiger partial charge in [0.05, 0.1) is 0 Å². The number of carbonyl (C=O) groups excluding carboxylic acids is 1. The molecule has 6 nitrogen and oxygen atoms in total. The number of hydrogen-bond donors (Lipinski definition) is 2. The van der Waals surface area contributed by atoms with Gasteiger partial charge in [0.2, 0.25) is 0 Å². The van der Waals surface area contributed by atoms with Crippen LogP contribution in [0.3, 0.4) is 0 Å². The molecule has 0 fully saturated rings. The fourth-order valence-corrected chi connectivity index (χ4v) is 1.78. The fourth-order valence-electron chi connectivity index (χ4n) is 1.78. The molecular formula is C15H18N4O2. The first kappa shape index (κ1) is 14.8. The molecule has 1 heterocycles. The molecule has 0 radical (unpaired) electrons. The molecule has 1 amide bonds. The summed E-state index contributed by atoms with van der Waals surface area (Å²) in [7, 11) is 1.66. The van der Waals surface area contributed by atoms with Crippen LogP contribution in [0.15, 0.2) is 41.5 Å². The predicted molar refractivity (Wildman–Crippen MR) is 81.5 cm³/mol. The lowest BCUT2D eigenvalue weighted by Gasteiger charge is -2.08. The van der Waals surface area contributed by atoms with E-state index in [1.807, 2.05) is 19.1 Å². The van der Waals surface area contributed by atoms with E-state index in [-0.39, 0.29) is 17.3 Å². The summed E-state index contributed by atoms with van der Waals surface area (Å²) < 4.78 is 1.44. The van der Waals surface area contributed by atoms with E-state index < -0.39 is 0 Å². The van der Waals surface area contributed by atoms with Crippen molar-refractivity contribution in [3.05, 3.63) is 58.1 Å². The summed E-state index contributed by atoms with van der Waals surface area (Å²) in [5.74, 6) is 0.148. The fraction of sp³-hybridized carbons (Fsp3) is 0.267. The molecule has 6 heteroatoms. The SMILES string of the molecule is Cc1ccc(C(=O)NCCNc2nccn(C)c2=O)cc1. The largest absolute Gasteiger partial charge is 0.364 e. The molecule has 2 aromatic rings. The second-order valence-corrected chi connectivity index (χ2v) is 4.74. The highest BCUT2D eigenvalue weighted by Gasteiger charge is 2.05. The van der Waals surface area contributed by atoms with Gasteiger partial charge in [-0.15, -0.1) is 0 Å². The number of hydrogen-bond acceptors (Lipinski definition) is 4. The molecule has 0 aliphatic rings. The zero-order chi connectivity index (χ0) is 15.2. The minimum atomic E-state index is -0.192. The quantitative estimate of drug-likeness (QED) is 0.802. The van der Waals surface area contributed by atoms with Crippen molar-refractivity contribution >= 4 is 11.7 Å². The zero-order valence-corrected chi connectivity index (χ0v) is 12.1. The molecule has 0 atom stereocenters. The molecule has 0 saturated carbocycles. The van der Waals surface area contributed by atoms with E-state index >= 15 is 0 Å². The monoisotopic (exact) mass is 286 g/mol. The maximum Gasteiger partial charge on any atom is 0.293 e. The number of carbonyl (C=O) groups is 1. The van der Waals surface area contributed by atoms with Crippen LogP contribution in [0.25, 0.3) is 0 Å².